The molecule has 0 radical (unpaired) electrons. The van der Waals surface area contributed by atoms with Crippen LogP contribution in [0.2, 0.25) is 0 Å². The van der Waals surface area contributed by atoms with Crippen molar-refractivity contribution in [1.29, 1.82) is 0 Å². The number of hydrogen-bond donors (Lipinski definition) is 0. The van der Waals surface area contributed by atoms with Gasteiger partial charge >= 0.3 is 5.69 Å². The zero-order chi connectivity index (χ0) is 14.7. The van der Waals surface area contributed by atoms with E-state index in [4.69, 9.17) is 0 Å². The van der Waals surface area contributed by atoms with Gasteiger partial charge in [0.05, 0.1) is 4.92 Å². The van der Waals surface area contributed by atoms with Gasteiger partial charge in [-0.25, -0.2) is 0 Å². The van der Waals surface area contributed by atoms with E-state index in [0.717, 1.165) is 32.2 Å². The summed E-state index contributed by atoms with van der Waals surface area (Å²) in [5.74, 6) is 0. The molecule has 6 nitrogen and oxygen atoms in total. The Labute approximate surface area is 124 Å². The smallest absolute Gasteiger partial charge is 0.310 e. The molecule has 6 heteroatoms. The summed E-state index contributed by atoms with van der Waals surface area (Å²) in [6, 6.07) is 2.49. The monoisotopic (exact) mass is 290 g/mol. The second-order valence-corrected chi connectivity index (χ2v) is 5.94. The van der Waals surface area contributed by atoms with Crippen molar-refractivity contribution in [2.24, 2.45) is 0 Å². The molecule has 0 N–H and O–H groups in total. The molecule has 1 aliphatic carbocycles. The lowest BCUT2D eigenvalue weighted by Crippen LogP contribution is -2.51. The lowest BCUT2D eigenvalue weighted by Gasteiger charge is -2.41. The third kappa shape index (κ3) is 3.15. The Morgan fingerprint density at radius 2 is 1.86 bits per heavy atom. The Kier molecular flexibility index (Phi) is 4.34. The van der Waals surface area contributed by atoms with Gasteiger partial charge in [0.2, 0.25) is 0 Å². The summed E-state index contributed by atoms with van der Waals surface area (Å²) in [6.45, 7) is 3.73. The maximum Gasteiger partial charge on any atom is 0.310 e. The van der Waals surface area contributed by atoms with Crippen LogP contribution in [-0.4, -0.2) is 47.0 Å². The Balaban J connectivity index is 1.64. The average Bonchev–Trinajstić information content (AvgIpc) is 2.56. The maximum absolute atomic E-state index is 11.1. The predicted octanol–water partition coefficient (Wildman–Crippen LogP) is 2.44. The summed E-state index contributed by atoms with van der Waals surface area (Å²) in [7, 11) is 0. The third-order valence-electron chi connectivity index (χ3n) is 4.72. The van der Waals surface area contributed by atoms with Crippen LogP contribution in [0.25, 0.3) is 0 Å². The number of pyridine rings is 1. The summed E-state index contributed by atoms with van der Waals surface area (Å²) >= 11 is 0. The van der Waals surface area contributed by atoms with E-state index >= 15 is 0 Å². The molecule has 2 aliphatic rings. The van der Waals surface area contributed by atoms with Crippen molar-refractivity contribution < 1.29 is 4.92 Å². The Morgan fingerprint density at radius 1 is 1.14 bits per heavy atom. The topological polar surface area (TPSA) is 62.5 Å². The van der Waals surface area contributed by atoms with Crippen LogP contribution in [-0.2, 0) is 0 Å². The summed E-state index contributed by atoms with van der Waals surface area (Å²) in [4.78, 5) is 19.3. The number of hydrogen-bond acceptors (Lipinski definition) is 5. The summed E-state index contributed by atoms with van der Waals surface area (Å²) in [6.07, 6.45) is 9.69. The van der Waals surface area contributed by atoms with Crippen molar-refractivity contribution in [3.8, 4) is 0 Å². The summed E-state index contributed by atoms with van der Waals surface area (Å²) in [5, 5.41) is 11.1. The van der Waals surface area contributed by atoms with E-state index in [9.17, 15) is 10.1 Å². The molecule has 3 rings (SSSR count). The van der Waals surface area contributed by atoms with E-state index in [0.29, 0.717) is 5.69 Å². The van der Waals surface area contributed by atoms with Gasteiger partial charge in [0, 0.05) is 38.4 Å². The second kappa shape index (κ2) is 6.39. The first-order valence-corrected chi connectivity index (χ1v) is 7.83. The normalized spacial score (nSPS) is 21.4. The minimum atomic E-state index is -0.337. The third-order valence-corrected chi connectivity index (χ3v) is 4.72. The van der Waals surface area contributed by atoms with Crippen molar-refractivity contribution in [3.63, 3.8) is 0 Å². The zero-order valence-electron chi connectivity index (χ0n) is 12.3. The summed E-state index contributed by atoms with van der Waals surface area (Å²) < 4.78 is 0. The molecule has 21 heavy (non-hydrogen) atoms. The maximum atomic E-state index is 11.1. The molecule has 1 aromatic heterocycles. The molecule has 114 valence electrons. The van der Waals surface area contributed by atoms with Crippen LogP contribution >= 0.6 is 0 Å². The molecule has 2 fully saturated rings. The largest absolute Gasteiger partial charge is 0.363 e. The van der Waals surface area contributed by atoms with E-state index in [1.54, 1.807) is 12.3 Å². The molecule has 0 spiro atoms. The van der Waals surface area contributed by atoms with E-state index in [-0.39, 0.29) is 10.6 Å². The fourth-order valence-electron chi connectivity index (χ4n) is 3.56. The molecular weight excluding hydrogens is 268 g/mol. The highest BCUT2D eigenvalue weighted by atomic mass is 16.6. The van der Waals surface area contributed by atoms with Gasteiger partial charge in [-0.2, -0.15) is 0 Å². The molecule has 1 saturated carbocycles. The standard InChI is InChI=1S/C15H22N4O2/c20-19(21)15-12-16-7-6-14(15)18-10-8-17(9-11-18)13-4-2-1-3-5-13/h6-7,12-13H,1-5,8-11H2. The quantitative estimate of drug-likeness (QED) is 0.632. The molecule has 0 atom stereocenters. The van der Waals surface area contributed by atoms with Gasteiger partial charge < -0.3 is 4.90 Å². The molecule has 0 unspecified atom stereocenters. The van der Waals surface area contributed by atoms with Crippen LogP contribution in [0.3, 0.4) is 0 Å². The van der Waals surface area contributed by atoms with Gasteiger partial charge in [-0.05, 0) is 18.9 Å². The number of nitro groups is 1. The predicted molar refractivity (Wildman–Crippen MR) is 81.6 cm³/mol. The second-order valence-electron chi connectivity index (χ2n) is 5.94. The van der Waals surface area contributed by atoms with Crippen molar-refractivity contribution >= 4 is 11.4 Å². The highest BCUT2D eigenvalue weighted by Gasteiger charge is 2.27. The zero-order valence-corrected chi connectivity index (χ0v) is 12.3. The van der Waals surface area contributed by atoms with Gasteiger partial charge in [-0.3, -0.25) is 20.0 Å². The molecule has 1 saturated heterocycles. The van der Waals surface area contributed by atoms with Gasteiger partial charge in [0.1, 0.15) is 11.9 Å². The molecule has 0 aromatic carbocycles. The Bertz CT molecular complexity index is 494. The average molecular weight is 290 g/mol. The van der Waals surface area contributed by atoms with E-state index in [1.807, 2.05) is 0 Å². The highest BCUT2D eigenvalue weighted by Crippen LogP contribution is 2.29. The first-order chi connectivity index (χ1) is 10.3. The number of anilines is 1. The molecule has 2 heterocycles. The SMILES string of the molecule is O=[N+]([O-])c1cnccc1N1CCN(C2CCCCC2)CC1. The van der Waals surface area contributed by atoms with Crippen molar-refractivity contribution in [1.82, 2.24) is 9.88 Å². The molecule has 0 bridgehead atoms. The van der Waals surface area contributed by atoms with Crippen molar-refractivity contribution in [3.05, 3.63) is 28.6 Å². The molecular formula is C15H22N4O2. The Hall–Kier alpha value is -1.69. The van der Waals surface area contributed by atoms with Gasteiger partial charge in [0.25, 0.3) is 0 Å². The van der Waals surface area contributed by atoms with Gasteiger partial charge in [-0.15, -0.1) is 0 Å². The molecule has 0 amide bonds. The summed E-state index contributed by atoms with van der Waals surface area (Å²) in [5.41, 5.74) is 0.821. The van der Waals surface area contributed by atoms with E-state index < -0.39 is 0 Å². The van der Waals surface area contributed by atoms with E-state index in [1.165, 1.54) is 38.3 Å². The fraction of sp³-hybridized carbons (Fsp3) is 0.667. The lowest BCUT2D eigenvalue weighted by atomic mass is 9.94. The minimum Gasteiger partial charge on any atom is -0.363 e. The van der Waals surface area contributed by atoms with Gasteiger partial charge in [0.15, 0.2) is 0 Å². The van der Waals surface area contributed by atoms with E-state index in [2.05, 4.69) is 14.8 Å². The van der Waals surface area contributed by atoms with Gasteiger partial charge in [-0.1, -0.05) is 19.3 Å². The number of piperazine rings is 1. The molecule has 1 aliphatic heterocycles. The fourth-order valence-corrected chi connectivity index (χ4v) is 3.56. The van der Waals surface area contributed by atoms with Crippen molar-refractivity contribution in [2.45, 2.75) is 38.1 Å². The van der Waals surface area contributed by atoms with Crippen LogP contribution in [0.1, 0.15) is 32.1 Å². The lowest BCUT2D eigenvalue weighted by molar-refractivity contribution is -0.384. The first-order valence-electron chi connectivity index (χ1n) is 7.83. The highest BCUT2D eigenvalue weighted by molar-refractivity contribution is 5.61. The number of nitrogens with zero attached hydrogens (tertiary/aromatic N) is 4. The molecule has 1 aromatic rings. The Morgan fingerprint density at radius 3 is 2.52 bits per heavy atom. The minimum absolute atomic E-state index is 0.114. The van der Waals surface area contributed by atoms with Crippen LogP contribution in [0.5, 0.6) is 0 Å². The van der Waals surface area contributed by atoms with Crippen LogP contribution in [0.4, 0.5) is 11.4 Å². The number of aromatic nitrogens is 1. The van der Waals surface area contributed by atoms with Crippen LogP contribution < -0.4 is 4.90 Å². The van der Waals surface area contributed by atoms with Crippen LogP contribution in [0, 0.1) is 10.1 Å². The van der Waals surface area contributed by atoms with Crippen molar-refractivity contribution in [2.75, 3.05) is 31.1 Å². The number of rotatable bonds is 3. The first kappa shape index (κ1) is 14.3. The van der Waals surface area contributed by atoms with Crippen LogP contribution in [0.15, 0.2) is 18.5 Å².